The number of furan rings is 4. The molecule has 4 heterocycles. The molecule has 0 aliphatic rings. The van der Waals surface area contributed by atoms with Crippen molar-refractivity contribution in [2.24, 2.45) is 0 Å². The number of rotatable bonds is 8. The third kappa shape index (κ3) is 6.59. The molecular weight excluding hydrogens is 933 g/mol. The minimum Gasteiger partial charge on any atom is -0.456 e. The second-order valence-corrected chi connectivity index (χ2v) is 21.3. The molecule has 4 aromatic heterocycles. The molecule has 6 heteroatoms. The van der Waals surface area contributed by atoms with Crippen LogP contribution < -0.4 is 9.80 Å². The Morgan fingerprint density at radius 1 is 0.303 bits per heavy atom. The van der Waals surface area contributed by atoms with Gasteiger partial charge in [-0.25, -0.2) is 0 Å². The Kier molecular flexibility index (Phi) is 9.68. The first-order chi connectivity index (χ1) is 37.1. The fourth-order valence-electron chi connectivity index (χ4n) is 12.2. The lowest BCUT2D eigenvalue weighted by Gasteiger charge is -2.27. The van der Waals surface area contributed by atoms with Crippen LogP contribution in [0, 0.1) is 13.8 Å². The van der Waals surface area contributed by atoms with Gasteiger partial charge in [0.15, 0.2) is 11.2 Å². The lowest BCUT2D eigenvalue weighted by molar-refractivity contribution is 0.657. The minimum absolute atomic E-state index is 0.325. The van der Waals surface area contributed by atoms with Crippen LogP contribution in [0.3, 0.4) is 0 Å². The predicted octanol–water partition coefficient (Wildman–Crippen LogP) is 21.4. The van der Waals surface area contributed by atoms with Crippen LogP contribution in [0.1, 0.15) is 61.8 Å². The molecule has 76 heavy (non-hydrogen) atoms. The SMILES string of the molecule is Cc1ccccc1N(c1ccc2cc3c(cc2c1)oc1c3ccc2oc3cc4cc(N(c5ccccc5C)c5cccc6c5oc5c(C(C)C)cccc56)ccc4cc3c21)c1cccc2c1oc1c(C(C)C)cccc12. The Balaban J connectivity index is 0.860. The summed E-state index contributed by atoms with van der Waals surface area (Å²) in [5, 5.41) is 13.0. The summed E-state index contributed by atoms with van der Waals surface area (Å²) in [7, 11) is 0. The molecule has 0 spiro atoms. The van der Waals surface area contributed by atoms with E-state index in [9.17, 15) is 0 Å². The monoisotopic (exact) mass is 984 g/mol. The molecule has 366 valence electrons. The van der Waals surface area contributed by atoms with Crippen molar-refractivity contribution in [3.8, 4) is 0 Å². The van der Waals surface area contributed by atoms with Crippen LogP contribution in [-0.4, -0.2) is 0 Å². The molecule has 15 rings (SSSR count). The van der Waals surface area contributed by atoms with Crippen molar-refractivity contribution in [2.75, 3.05) is 9.80 Å². The summed E-state index contributed by atoms with van der Waals surface area (Å²) < 4.78 is 27.6. The van der Waals surface area contributed by atoms with E-state index in [0.717, 1.165) is 155 Å². The Labute approximate surface area is 438 Å². The molecule has 0 radical (unpaired) electrons. The minimum atomic E-state index is 0.325. The third-order valence-electron chi connectivity index (χ3n) is 16.0. The van der Waals surface area contributed by atoms with Crippen molar-refractivity contribution in [2.45, 2.75) is 53.4 Å². The first-order valence-corrected chi connectivity index (χ1v) is 26.4. The van der Waals surface area contributed by atoms with Crippen LogP contribution >= 0.6 is 0 Å². The standard InChI is InChI=1S/C70H52N2O4/c1-39(2)49-17-11-19-51-53-21-13-25-60(68(53)75-66(49)51)71(58-23-9-7-15-41(58)5)47-29-27-43-35-56-55-31-32-62-65(70(55)74-63(56)37-45(43)33-47)57-36-44-28-30-48(34-46(44)38-64(57)73-62)72(59-24-10-8-16-42(59)6)61-26-14-22-54-52-20-12-18-50(40(3)4)67(52)76-69(54)61/h7-40H,1-6H3. The average Bonchev–Trinajstić information content (AvgIpc) is 4.27. The average molecular weight is 985 g/mol. The topological polar surface area (TPSA) is 59.0 Å². The normalized spacial score (nSPS) is 12.3. The van der Waals surface area contributed by atoms with E-state index in [0.29, 0.717) is 11.8 Å². The largest absolute Gasteiger partial charge is 0.456 e. The van der Waals surface area contributed by atoms with E-state index in [4.69, 9.17) is 17.7 Å². The summed E-state index contributed by atoms with van der Waals surface area (Å²) in [5.41, 5.74) is 17.8. The molecule has 11 aromatic carbocycles. The molecule has 0 atom stereocenters. The van der Waals surface area contributed by atoms with Gasteiger partial charge in [0.1, 0.15) is 33.5 Å². The van der Waals surface area contributed by atoms with Crippen molar-refractivity contribution < 1.29 is 17.7 Å². The summed E-state index contributed by atoms with van der Waals surface area (Å²) in [5.74, 6) is 0.650. The van der Waals surface area contributed by atoms with Crippen LogP contribution in [0.15, 0.2) is 212 Å². The van der Waals surface area contributed by atoms with Crippen molar-refractivity contribution in [1.29, 1.82) is 0 Å². The van der Waals surface area contributed by atoms with Crippen LogP contribution in [0.2, 0.25) is 0 Å². The van der Waals surface area contributed by atoms with Crippen molar-refractivity contribution >= 4 is 143 Å². The highest BCUT2D eigenvalue weighted by atomic mass is 16.3. The van der Waals surface area contributed by atoms with E-state index in [2.05, 4.69) is 245 Å². The number of benzene rings is 11. The summed E-state index contributed by atoms with van der Waals surface area (Å²) in [6, 6.07) is 69.7. The first-order valence-electron chi connectivity index (χ1n) is 26.4. The van der Waals surface area contributed by atoms with E-state index in [1.54, 1.807) is 0 Å². The summed E-state index contributed by atoms with van der Waals surface area (Å²) in [6.45, 7) is 13.2. The molecule has 0 saturated heterocycles. The molecule has 0 fully saturated rings. The van der Waals surface area contributed by atoms with E-state index in [1.165, 1.54) is 11.1 Å². The quantitative estimate of drug-likeness (QED) is 0.151. The molecule has 0 saturated carbocycles. The highest BCUT2D eigenvalue weighted by Crippen LogP contribution is 2.49. The van der Waals surface area contributed by atoms with Gasteiger partial charge in [0.2, 0.25) is 0 Å². The van der Waals surface area contributed by atoms with Gasteiger partial charge in [-0.2, -0.15) is 0 Å². The maximum atomic E-state index is 7.00. The van der Waals surface area contributed by atoms with Gasteiger partial charge >= 0.3 is 0 Å². The number of fused-ring (bicyclic) bond motifs is 15. The zero-order valence-corrected chi connectivity index (χ0v) is 43.2. The van der Waals surface area contributed by atoms with Crippen molar-refractivity contribution in [3.05, 3.63) is 216 Å². The Bertz CT molecular complexity index is 4890. The van der Waals surface area contributed by atoms with Crippen LogP contribution in [0.4, 0.5) is 34.1 Å². The van der Waals surface area contributed by atoms with Gasteiger partial charge in [0.05, 0.1) is 16.8 Å². The van der Waals surface area contributed by atoms with E-state index < -0.39 is 0 Å². The van der Waals surface area contributed by atoms with Crippen LogP contribution in [-0.2, 0) is 0 Å². The molecule has 0 aliphatic heterocycles. The number of hydrogen-bond donors (Lipinski definition) is 0. The molecular formula is C70H52N2O4. The van der Waals surface area contributed by atoms with E-state index >= 15 is 0 Å². The summed E-state index contributed by atoms with van der Waals surface area (Å²) >= 11 is 0. The maximum Gasteiger partial charge on any atom is 0.159 e. The van der Waals surface area contributed by atoms with Crippen molar-refractivity contribution in [1.82, 2.24) is 0 Å². The zero-order valence-electron chi connectivity index (χ0n) is 43.2. The Hall–Kier alpha value is -9.26. The number of anilines is 6. The highest BCUT2D eigenvalue weighted by molar-refractivity contribution is 6.24. The fourth-order valence-corrected chi connectivity index (χ4v) is 12.2. The van der Waals surface area contributed by atoms with Gasteiger partial charge in [0, 0.05) is 60.5 Å². The smallest absolute Gasteiger partial charge is 0.159 e. The summed E-state index contributed by atoms with van der Waals surface area (Å²) in [4.78, 5) is 4.68. The molecule has 0 N–H and O–H groups in total. The second-order valence-electron chi connectivity index (χ2n) is 21.3. The number of aryl methyl sites for hydroxylation is 2. The predicted molar refractivity (Wildman–Crippen MR) is 318 cm³/mol. The first kappa shape index (κ1) is 44.2. The number of para-hydroxylation sites is 6. The number of hydrogen-bond acceptors (Lipinski definition) is 6. The number of nitrogens with zero attached hydrogens (tertiary/aromatic N) is 2. The third-order valence-corrected chi connectivity index (χ3v) is 16.0. The second kappa shape index (κ2) is 16.6. The fraction of sp³-hybridized carbons (Fsp3) is 0.114. The molecule has 6 nitrogen and oxygen atoms in total. The molecule has 15 aromatic rings. The van der Waals surface area contributed by atoms with Crippen LogP contribution in [0.25, 0.3) is 109 Å². The molecule has 0 aliphatic carbocycles. The molecule has 0 bridgehead atoms. The van der Waals surface area contributed by atoms with Gasteiger partial charge in [-0.15, -0.1) is 0 Å². The van der Waals surface area contributed by atoms with E-state index in [-0.39, 0.29) is 0 Å². The van der Waals surface area contributed by atoms with Gasteiger partial charge < -0.3 is 27.5 Å². The van der Waals surface area contributed by atoms with E-state index in [1.807, 2.05) is 0 Å². The van der Waals surface area contributed by atoms with Gasteiger partial charge in [-0.1, -0.05) is 137 Å². The van der Waals surface area contributed by atoms with Gasteiger partial charge in [-0.3, -0.25) is 0 Å². The summed E-state index contributed by atoms with van der Waals surface area (Å²) in [6.07, 6.45) is 0. The lowest BCUT2D eigenvalue weighted by atomic mass is 10.00. The zero-order chi connectivity index (χ0) is 51.1. The van der Waals surface area contributed by atoms with Gasteiger partial charge in [0.25, 0.3) is 0 Å². The van der Waals surface area contributed by atoms with Crippen molar-refractivity contribution in [3.63, 3.8) is 0 Å². The Morgan fingerprint density at radius 2 is 0.750 bits per heavy atom. The Morgan fingerprint density at radius 3 is 1.26 bits per heavy atom. The maximum absolute atomic E-state index is 7.00. The lowest BCUT2D eigenvalue weighted by Crippen LogP contribution is -2.11. The highest BCUT2D eigenvalue weighted by Gasteiger charge is 2.25. The van der Waals surface area contributed by atoms with Gasteiger partial charge in [-0.05, 0) is 154 Å². The molecule has 0 amide bonds. The molecule has 0 unspecified atom stereocenters. The van der Waals surface area contributed by atoms with Crippen LogP contribution in [0.5, 0.6) is 0 Å².